The second kappa shape index (κ2) is 12.8. The Morgan fingerprint density at radius 1 is 0.727 bits per heavy atom. The summed E-state index contributed by atoms with van der Waals surface area (Å²) in [6, 6.07) is 15.3. The Morgan fingerprint density at radius 2 is 1.25 bits per heavy atom. The van der Waals surface area contributed by atoms with Crippen LogP contribution in [0.25, 0.3) is 0 Å². The zero-order chi connectivity index (χ0) is 31.3. The standard InChI is InChI=1S/C16H22N2O2S.C16H22N2S.C4H10.H2/c1-11(2)17-7-6-14-13(10-17)12-4-3-5-15-16(12)18(14)8-9-21(15,19)20;1-11(2)17-7-6-14-13(10-17)12-4-3-5-15-16(12)18(14)8-9-19-15;1-4(2)3;/h3-5,11,13-14H,6-10H2,1-2H3;3-5,11,13-14H,6-10H2,1-2H3;4H,1-3H3;1H/t;13-,14?;;/m.1../s1. The summed E-state index contributed by atoms with van der Waals surface area (Å²) in [6.45, 7) is 22.2. The number of benzene rings is 2. The molecule has 0 saturated carbocycles. The molecule has 244 valence electrons. The normalized spacial score (nSPS) is 28.0. The average Bonchev–Trinajstić information content (AvgIpc) is 3.49. The van der Waals surface area contributed by atoms with Crippen LogP contribution in [-0.2, 0) is 9.84 Å². The van der Waals surface area contributed by atoms with Gasteiger partial charge in [-0.1, -0.05) is 45.0 Å². The molecule has 6 heterocycles. The summed E-state index contributed by atoms with van der Waals surface area (Å²) in [4.78, 5) is 12.4. The van der Waals surface area contributed by atoms with Gasteiger partial charge in [0, 0.05) is 87.3 Å². The number of hydrogen-bond acceptors (Lipinski definition) is 7. The number of anilines is 2. The predicted octanol–water partition coefficient (Wildman–Crippen LogP) is 6.95. The van der Waals surface area contributed by atoms with Crippen molar-refractivity contribution >= 4 is 33.0 Å². The van der Waals surface area contributed by atoms with Crippen molar-refractivity contribution in [2.24, 2.45) is 5.92 Å². The molecule has 8 rings (SSSR count). The SMILES string of the molecule is CC(C)C.CC(C)N1CCC2C(C1)c1cccc3c1N2CCS3(=O)=O.CC(C)N1CCC2[C@H](C1)c1cccc3c1N2CCS3.[HH]. The van der Waals surface area contributed by atoms with Crippen molar-refractivity contribution in [3.05, 3.63) is 47.5 Å². The molecule has 6 nitrogen and oxygen atoms in total. The molecule has 0 aromatic heterocycles. The molecule has 0 N–H and O–H groups in total. The maximum atomic E-state index is 12.3. The van der Waals surface area contributed by atoms with Crippen molar-refractivity contribution in [1.82, 2.24) is 9.80 Å². The van der Waals surface area contributed by atoms with Crippen LogP contribution < -0.4 is 9.80 Å². The maximum absolute atomic E-state index is 12.3. The quantitative estimate of drug-likeness (QED) is 0.352. The third-order valence-corrected chi connectivity index (χ3v) is 13.2. The molecule has 2 aromatic carbocycles. The fourth-order valence-corrected chi connectivity index (χ4v) is 10.9. The van der Waals surface area contributed by atoms with Crippen LogP contribution in [0, 0.1) is 5.92 Å². The van der Waals surface area contributed by atoms with Gasteiger partial charge in [0.2, 0.25) is 0 Å². The number of nitrogens with zero attached hydrogens (tertiary/aromatic N) is 4. The minimum Gasteiger partial charge on any atom is -0.366 e. The minimum atomic E-state index is -3.09. The van der Waals surface area contributed by atoms with E-state index in [0.29, 0.717) is 35.5 Å². The van der Waals surface area contributed by atoms with Crippen molar-refractivity contribution in [1.29, 1.82) is 0 Å². The third-order valence-electron chi connectivity index (χ3n) is 10.4. The summed E-state index contributed by atoms with van der Waals surface area (Å²) >= 11 is 2.04. The van der Waals surface area contributed by atoms with E-state index < -0.39 is 9.84 Å². The molecule has 6 aliphatic heterocycles. The van der Waals surface area contributed by atoms with Crippen molar-refractivity contribution in [3.63, 3.8) is 0 Å². The molecule has 0 bridgehead atoms. The van der Waals surface area contributed by atoms with Crippen LogP contribution in [0.4, 0.5) is 11.4 Å². The van der Waals surface area contributed by atoms with Crippen LogP contribution in [0.1, 0.15) is 85.7 Å². The zero-order valence-corrected chi connectivity index (χ0v) is 29.6. The van der Waals surface area contributed by atoms with Gasteiger partial charge in [-0.25, -0.2) is 8.42 Å². The van der Waals surface area contributed by atoms with Gasteiger partial charge < -0.3 is 19.6 Å². The summed E-state index contributed by atoms with van der Waals surface area (Å²) in [7, 11) is -3.09. The lowest BCUT2D eigenvalue weighted by molar-refractivity contribution is 0.157. The number of rotatable bonds is 2. The number of fused-ring (bicyclic) bond motifs is 6. The van der Waals surface area contributed by atoms with Gasteiger partial charge in [-0.15, -0.1) is 11.8 Å². The first kappa shape index (κ1) is 32.2. The van der Waals surface area contributed by atoms with Crippen LogP contribution in [0.5, 0.6) is 0 Å². The van der Waals surface area contributed by atoms with E-state index in [2.05, 4.69) is 92.3 Å². The molecule has 2 fully saturated rings. The Balaban J connectivity index is 0.000000157. The van der Waals surface area contributed by atoms with E-state index in [0.717, 1.165) is 43.1 Å². The zero-order valence-electron chi connectivity index (χ0n) is 28.0. The van der Waals surface area contributed by atoms with Crippen molar-refractivity contribution in [2.75, 3.05) is 60.6 Å². The molecule has 3 unspecified atom stereocenters. The molecule has 0 aliphatic carbocycles. The highest BCUT2D eigenvalue weighted by atomic mass is 32.2. The van der Waals surface area contributed by atoms with Gasteiger partial charge in [-0.3, -0.25) is 0 Å². The summed E-state index contributed by atoms with van der Waals surface area (Å²) in [6.07, 6.45) is 2.47. The summed E-state index contributed by atoms with van der Waals surface area (Å²) in [5.41, 5.74) is 5.48. The largest absolute Gasteiger partial charge is 0.366 e. The first-order valence-corrected chi connectivity index (χ1v) is 19.7. The van der Waals surface area contributed by atoms with Crippen LogP contribution in [0.2, 0.25) is 0 Å². The fourth-order valence-electron chi connectivity index (χ4n) is 8.35. The Morgan fingerprint density at radius 3 is 1.82 bits per heavy atom. The van der Waals surface area contributed by atoms with Crippen molar-refractivity contribution < 1.29 is 9.84 Å². The minimum absolute atomic E-state index is 0. The second-order valence-corrected chi connectivity index (χ2v) is 18.0. The monoisotopic (exact) mass is 640 g/mol. The second-order valence-electron chi connectivity index (χ2n) is 14.8. The Bertz CT molecular complexity index is 1450. The number of sulfone groups is 1. The molecule has 44 heavy (non-hydrogen) atoms. The lowest BCUT2D eigenvalue weighted by Gasteiger charge is -2.41. The van der Waals surface area contributed by atoms with E-state index in [1.54, 1.807) is 17.3 Å². The Kier molecular flexibility index (Phi) is 9.38. The van der Waals surface area contributed by atoms with Gasteiger partial charge >= 0.3 is 0 Å². The molecule has 2 saturated heterocycles. The Labute approximate surface area is 272 Å². The molecule has 4 atom stereocenters. The molecule has 2 aromatic rings. The van der Waals surface area contributed by atoms with E-state index in [-0.39, 0.29) is 7.18 Å². The topological polar surface area (TPSA) is 47.1 Å². The number of likely N-dealkylation sites (tertiary alicyclic amines) is 2. The van der Waals surface area contributed by atoms with Gasteiger partial charge in [0.05, 0.1) is 22.0 Å². The van der Waals surface area contributed by atoms with Gasteiger partial charge in [0.1, 0.15) is 0 Å². The van der Waals surface area contributed by atoms with Crippen molar-refractivity contribution in [2.45, 2.75) is 107 Å². The molecule has 0 amide bonds. The van der Waals surface area contributed by atoms with Crippen LogP contribution >= 0.6 is 11.8 Å². The highest BCUT2D eigenvalue weighted by Gasteiger charge is 2.47. The van der Waals surface area contributed by atoms with E-state index in [1.165, 1.54) is 42.3 Å². The summed E-state index contributed by atoms with van der Waals surface area (Å²) in [5, 5.41) is 0. The van der Waals surface area contributed by atoms with E-state index in [4.69, 9.17) is 0 Å². The number of para-hydroxylation sites is 2. The Hall–Kier alpha value is -1.74. The van der Waals surface area contributed by atoms with Crippen LogP contribution in [0.3, 0.4) is 0 Å². The van der Waals surface area contributed by atoms with E-state index in [9.17, 15) is 8.42 Å². The molecule has 0 radical (unpaired) electrons. The van der Waals surface area contributed by atoms with E-state index in [1.807, 2.05) is 17.8 Å². The average molecular weight is 641 g/mol. The number of hydrogen-bond donors (Lipinski definition) is 0. The number of thioether (sulfide) groups is 1. The molecular formula is C36H56N4O2S2. The molecular weight excluding hydrogens is 585 g/mol. The third kappa shape index (κ3) is 5.93. The first-order valence-electron chi connectivity index (χ1n) is 17.1. The lowest BCUT2D eigenvalue weighted by Crippen LogP contribution is -2.49. The van der Waals surface area contributed by atoms with Gasteiger partial charge in [-0.2, -0.15) is 0 Å². The van der Waals surface area contributed by atoms with E-state index >= 15 is 0 Å². The van der Waals surface area contributed by atoms with Gasteiger partial charge in [0.15, 0.2) is 9.84 Å². The van der Waals surface area contributed by atoms with Gasteiger partial charge in [-0.05, 0) is 69.7 Å². The number of piperidine rings is 2. The molecule has 8 heteroatoms. The van der Waals surface area contributed by atoms with Crippen LogP contribution in [0.15, 0.2) is 46.2 Å². The highest BCUT2D eigenvalue weighted by Crippen LogP contribution is 2.51. The highest BCUT2D eigenvalue weighted by molar-refractivity contribution is 7.99. The molecule has 6 aliphatic rings. The molecule has 0 spiro atoms. The maximum Gasteiger partial charge on any atom is 0.182 e. The van der Waals surface area contributed by atoms with Gasteiger partial charge in [0.25, 0.3) is 0 Å². The van der Waals surface area contributed by atoms with Crippen molar-refractivity contribution in [3.8, 4) is 0 Å². The smallest absolute Gasteiger partial charge is 0.182 e. The first-order chi connectivity index (χ1) is 21.0. The summed E-state index contributed by atoms with van der Waals surface area (Å²) < 4.78 is 24.7. The predicted molar refractivity (Wildman–Crippen MR) is 189 cm³/mol. The fraction of sp³-hybridized carbons (Fsp3) is 0.667. The summed E-state index contributed by atoms with van der Waals surface area (Å²) in [5.74, 6) is 3.56. The lowest BCUT2D eigenvalue weighted by atomic mass is 9.88. The van der Waals surface area contributed by atoms with Crippen LogP contribution in [-0.4, -0.2) is 93.2 Å².